The largest absolute Gasteiger partial charge is 0.487 e. The van der Waals surface area contributed by atoms with Crippen molar-refractivity contribution >= 4 is 103 Å². The van der Waals surface area contributed by atoms with Gasteiger partial charge in [-0.1, -0.05) is 12.1 Å². The molecule has 0 unspecified atom stereocenters. The molecule has 1 saturated heterocycles. The zero-order chi connectivity index (χ0) is 21.1. The van der Waals surface area contributed by atoms with E-state index in [0.29, 0.717) is 6.61 Å². The zero-order valence-electron chi connectivity index (χ0n) is 14.5. The minimum Gasteiger partial charge on any atom is -0.487 e. The summed E-state index contributed by atoms with van der Waals surface area (Å²) in [5.41, 5.74) is 1.80. The Kier molecular flexibility index (Phi) is 7.83. The molecular weight excluding hydrogens is 735 g/mol. The highest BCUT2D eigenvalue weighted by Gasteiger charge is 2.36. The molecule has 150 valence electrons. The van der Waals surface area contributed by atoms with E-state index in [9.17, 15) is 14.4 Å². The monoisotopic (exact) mass is 747 g/mol. The Morgan fingerprint density at radius 3 is 2.31 bits per heavy atom. The van der Waals surface area contributed by atoms with E-state index in [0.717, 1.165) is 44.2 Å². The Labute approximate surface area is 211 Å². The Hall–Kier alpha value is -0.870. The van der Waals surface area contributed by atoms with E-state index in [2.05, 4.69) is 67.8 Å². The maximum atomic E-state index is 12.3. The maximum absolute atomic E-state index is 12.3. The number of imide groups is 1. The Bertz CT molecular complexity index is 1000. The lowest BCUT2D eigenvalue weighted by Gasteiger charge is -2.12. The molecule has 1 fully saturated rings. The Morgan fingerprint density at radius 2 is 1.72 bits per heavy atom. The van der Waals surface area contributed by atoms with Crippen molar-refractivity contribution < 1.29 is 24.2 Å². The van der Waals surface area contributed by atoms with Gasteiger partial charge in [0, 0.05) is 3.57 Å². The maximum Gasteiger partial charge on any atom is 0.323 e. The molecule has 2 aromatic rings. The fourth-order valence-corrected chi connectivity index (χ4v) is 5.79. The Balaban J connectivity index is 1.77. The van der Waals surface area contributed by atoms with Crippen LogP contribution in [0.25, 0.3) is 6.08 Å². The molecule has 3 rings (SSSR count). The topological polar surface area (TPSA) is 83.9 Å². The van der Waals surface area contributed by atoms with E-state index in [1.165, 1.54) is 0 Å². The Morgan fingerprint density at radius 1 is 1.10 bits per heavy atom. The van der Waals surface area contributed by atoms with Gasteiger partial charge in [-0.25, -0.2) is 0 Å². The lowest BCUT2D eigenvalue weighted by Crippen LogP contribution is -2.33. The third kappa shape index (κ3) is 5.85. The molecular formula is C19H12I3NO5S. The van der Waals surface area contributed by atoms with E-state index in [1.807, 2.05) is 36.4 Å². The summed E-state index contributed by atoms with van der Waals surface area (Å²) in [5.74, 6) is -1.07. The van der Waals surface area contributed by atoms with Crippen LogP contribution in [0, 0.1) is 10.7 Å². The van der Waals surface area contributed by atoms with Crippen molar-refractivity contribution in [2.24, 2.45) is 0 Å². The first-order chi connectivity index (χ1) is 13.7. The van der Waals surface area contributed by atoms with Crippen LogP contribution in [0.1, 0.15) is 11.1 Å². The van der Waals surface area contributed by atoms with E-state index in [1.54, 1.807) is 6.08 Å². The number of carbonyl (C=O) groups excluding carboxylic acids is 2. The molecule has 1 N–H and O–H groups in total. The van der Waals surface area contributed by atoms with Gasteiger partial charge in [0.25, 0.3) is 11.1 Å². The average molecular weight is 747 g/mol. The normalized spacial score (nSPS) is 15.3. The highest BCUT2D eigenvalue weighted by Crippen LogP contribution is 2.35. The fourth-order valence-electron chi connectivity index (χ4n) is 2.46. The predicted octanol–water partition coefficient (Wildman–Crippen LogP) is 5.20. The van der Waals surface area contributed by atoms with Crippen molar-refractivity contribution in [3.8, 4) is 5.75 Å². The van der Waals surface area contributed by atoms with Gasteiger partial charge in [-0.05, 0) is 121 Å². The quantitative estimate of drug-likeness (QED) is 0.324. The van der Waals surface area contributed by atoms with Crippen molar-refractivity contribution in [3.63, 3.8) is 0 Å². The summed E-state index contributed by atoms with van der Waals surface area (Å²) in [7, 11) is 0. The van der Waals surface area contributed by atoms with Gasteiger partial charge in [-0.3, -0.25) is 19.3 Å². The van der Waals surface area contributed by atoms with E-state index >= 15 is 0 Å². The summed E-state index contributed by atoms with van der Waals surface area (Å²) in [6.45, 7) is -0.196. The number of nitrogens with zero attached hydrogens (tertiary/aromatic N) is 1. The molecule has 0 bridgehead atoms. The van der Waals surface area contributed by atoms with Crippen LogP contribution >= 0.6 is 79.5 Å². The second-order valence-electron chi connectivity index (χ2n) is 5.89. The van der Waals surface area contributed by atoms with Crippen LogP contribution in [-0.2, 0) is 16.2 Å². The van der Waals surface area contributed by atoms with Crippen molar-refractivity contribution in [1.82, 2.24) is 4.90 Å². The van der Waals surface area contributed by atoms with Crippen LogP contribution in [0.3, 0.4) is 0 Å². The molecule has 2 aromatic carbocycles. The van der Waals surface area contributed by atoms with Gasteiger partial charge in [0.05, 0.1) is 12.0 Å². The van der Waals surface area contributed by atoms with Crippen molar-refractivity contribution in [3.05, 3.63) is 63.1 Å². The molecule has 0 spiro atoms. The van der Waals surface area contributed by atoms with Gasteiger partial charge in [-0.2, -0.15) is 0 Å². The second-order valence-corrected chi connectivity index (χ2v) is 10.5. The molecule has 29 heavy (non-hydrogen) atoms. The highest BCUT2D eigenvalue weighted by molar-refractivity contribution is 14.1. The van der Waals surface area contributed by atoms with Crippen LogP contribution in [0.2, 0.25) is 0 Å². The third-order valence-electron chi connectivity index (χ3n) is 3.78. The lowest BCUT2D eigenvalue weighted by atomic mass is 10.2. The molecule has 0 aromatic heterocycles. The standard InChI is InChI=1S/C19H12I3NO5S/c20-12-3-1-10(2-4-12)9-28-17-13(21)5-11(6-14(17)22)7-15-18(26)23(8-16(24)25)19(27)29-15/h1-7H,8-9H2,(H,24,25)/b15-7+. The van der Waals surface area contributed by atoms with Gasteiger partial charge in [0.1, 0.15) is 18.9 Å². The number of hydrogen-bond donors (Lipinski definition) is 1. The number of benzene rings is 2. The van der Waals surface area contributed by atoms with E-state index in [-0.39, 0.29) is 4.91 Å². The first-order valence-corrected chi connectivity index (χ1v) is 12.1. The first kappa shape index (κ1) is 22.8. The number of aliphatic carboxylic acids is 1. The van der Waals surface area contributed by atoms with Gasteiger partial charge in [0.2, 0.25) is 0 Å². The molecule has 1 heterocycles. The fraction of sp³-hybridized carbons (Fsp3) is 0.105. The number of carboxylic acid groups (broad SMARTS) is 1. The molecule has 2 amide bonds. The van der Waals surface area contributed by atoms with Crippen LogP contribution < -0.4 is 4.74 Å². The number of halogens is 3. The molecule has 10 heteroatoms. The van der Waals surface area contributed by atoms with Crippen LogP contribution in [0.4, 0.5) is 4.79 Å². The number of ether oxygens (including phenoxy) is 1. The number of carbonyl (C=O) groups is 3. The molecule has 6 nitrogen and oxygen atoms in total. The summed E-state index contributed by atoms with van der Waals surface area (Å²) >= 11 is 7.33. The summed E-state index contributed by atoms with van der Waals surface area (Å²) in [4.78, 5) is 36.0. The number of hydrogen-bond acceptors (Lipinski definition) is 5. The average Bonchev–Trinajstić information content (AvgIpc) is 2.89. The third-order valence-corrected chi connectivity index (χ3v) is 7.01. The molecule has 0 radical (unpaired) electrons. The van der Waals surface area contributed by atoms with Gasteiger partial charge in [0.15, 0.2) is 0 Å². The van der Waals surface area contributed by atoms with Crippen molar-refractivity contribution in [2.75, 3.05) is 6.54 Å². The van der Waals surface area contributed by atoms with E-state index < -0.39 is 23.7 Å². The lowest BCUT2D eigenvalue weighted by molar-refractivity contribution is -0.140. The number of rotatable bonds is 6. The van der Waals surface area contributed by atoms with Crippen LogP contribution in [-0.4, -0.2) is 33.7 Å². The van der Waals surface area contributed by atoms with Crippen molar-refractivity contribution in [2.45, 2.75) is 6.61 Å². The van der Waals surface area contributed by atoms with Crippen molar-refractivity contribution in [1.29, 1.82) is 0 Å². The predicted molar refractivity (Wildman–Crippen MR) is 136 cm³/mol. The highest BCUT2D eigenvalue weighted by atomic mass is 127. The second kappa shape index (κ2) is 9.96. The SMILES string of the molecule is O=C(O)CN1C(=O)S/C(=C/c2cc(I)c(OCc3ccc(I)cc3)c(I)c2)C1=O. The molecule has 0 aliphatic carbocycles. The van der Waals surface area contributed by atoms with Gasteiger partial charge >= 0.3 is 5.97 Å². The van der Waals surface area contributed by atoms with Gasteiger partial charge in [-0.15, -0.1) is 0 Å². The van der Waals surface area contributed by atoms with Crippen LogP contribution in [0.15, 0.2) is 41.3 Å². The minimum atomic E-state index is -1.23. The number of amides is 2. The molecule has 0 saturated carbocycles. The molecule has 1 aliphatic heterocycles. The first-order valence-electron chi connectivity index (χ1n) is 8.08. The van der Waals surface area contributed by atoms with Crippen LogP contribution in [0.5, 0.6) is 5.75 Å². The summed E-state index contributed by atoms with van der Waals surface area (Å²) in [5, 5.41) is 8.27. The zero-order valence-corrected chi connectivity index (χ0v) is 21.8. The summed E-state index contributed by atoms with van der Waals surface area (Å²) in [6, 6.07) is 11.8. The molecule has 1 aliphatic rings. The smallest absolute Gasteiger partial charge is 0.323 e. The summed E-state index contributed by atoms with van der Waals surface area (Å²) < 4.78 is 8.88. The number of carboxylic acids is 1. The minimum absolute atomic E-state index is 0.204. The van der Waals surface area contributed by atoms with Gasteiger partial charge < -0.3 is 9.84 Å². The molecule has 0 atom stereocenters. The number of thioether (sulfide) groups is 1. The summed E-state index contributed by atoms with van der Waals surface area (Å²) in [6.07, 6.45) is 1.60. The van der Waals surface area contributed by atoms with E-state index in [4.69, 9.17) is 9.84 Å².